The summed E-state index contributed by atoms with van der Waals surface area (Å²) in [5.41, 5.74) is 1.78. The predicted molar refractivity (Wildman–Crippen MR) is 102 cm³/mol. The van der Waals surface area contributed by atoms with E-state index in [9.17, 15) is 14.9 Å². The van der Waals surface area contributed by atoms with Gasteiger partial charge in [-0.25, -0.2) is 0 Å². The number of rotatable bonds is 7. The molecule has 0 bridgehead atoms. The van der Waals surface area contributed by atoms with E-state index in [4.69, 9.17) is 14.2 Å². The van der Waals surface area contributed by atoms with Crippen LogP contribution in [-0.2, 0) is 13.0 Å². The number of ether oxygens (including phenoxy) is 3. The molecule has 8 nitrogen and oxygen atoms in total. The van der Waals surface area contributed by atoms with Crippen molar-refractivity contribution in [2.45, 2.75) is 32.9 Å². The molecule has 1 N–H and O–H groups in total. The second-order valence-electron chi connectivity index (χ2n) is 6.46. The first-order valence-electron chi connectivity index (χ1n) is 8.98. The van der Waals surface area contributed by atoms with Gasteiger partial charge in [-0.15, -0.1) is 0 Å². The molecule has 2 aromatic rings. The number of nitrogens with one attached hydrogen (secondary N) is 1. The average Bonchev–Trinajstić information content (AvgIpc) is 3.04. The molecule has 1 aliphatic heterocycles. The van der Waals surface area contributed by atoms with Gasteiger partial charge >= 0.3 is 5.69 Å². The summed E-state index contributed by atoms with van der Waals surface area (Å²) in [7, 11) is 1.34. The van der Waals surface area contributed by atoms with Crippen molar-refractivity contribution in [1.82, 2.24) is 5.32 Å². The van der Waals surface area contributed by atoms with Gasteiger partial charge in [-0.05, 0) is 38.1 Å². The van der Waals surface area contributed by atoms with Crippen molar-refractivity contribution in [3.8, 4) is 17.2 Å². The summed E-state index contributed by atoms with van der Waals surface area (Å²) < 4.78 is 16.4. The number of hydrogen-bond donors (Lipinski definition) is 1. The van der Waals surface area contributed by atoms with Crippen LogP contribution in [0, 0.1) is 10.1 Å². The predicted octanol–water partition coefficient (Wildman–Crippen LogP) is 3.26. The molecule has 148 valence electrons. The topological polar surface area (TPSA) is 99.9 Å². The van der Waals surface area contributed by atoms with Crippen LogP contribution in [0.5, 0.6) is 17.2 Å². The van der Waals surface area contributed by atoms with Gasteiger partial charge in [0.15, 0.2) is 5.75 Å². The third-order valence-electron chi connectivity index (χ3n) is 4.46. The van der Waals surface area contributed by atoms with Crippen LogP contribution in [0.2, 0.25) is 0 Å². The summed E-state index contributed by atoms with van der Waals surface area (Å²) in [4.78, 5) is 23.1. The standard InChI is InChI=1S/C20H22N2O6/c1-4-27-18-9-14-7-12(2)28-19(14)10-15(18)11-21-20(23)13-5-6-17(26-3)16(8-13)22(24)25/h5-6,8-10,12H,4,7,11H2,1-3H3,(H,21,23)/t12-/m1/s1. The van der Waals surface area contributed by atoms with E-state index in [0.717, 1.165) is 23.3 Å². The molecule has 0 spiro atoms. The second-order valence-corrected chi connectivity index (χ2v) is 6.46. The second kappa shape index (κ2) is 8.16. The summed E-state index contributed by atoms with van der Waals surface area (Å²) in [6.45, 7) is 4.60. The number of nitro benzene ring substituents is 1. The van der Waals surface area contributed by atoms with E-state index in [-0.39, 0.29) is 29.6 Å². The lowest BCUT2D eigenvalue weighted by molar-refractivity contribution is -0.385. The molecule has 1 amide bonds. The van der Waals surface area contributed by atoms with Crippen LogP contribution in [0.3, 0.4) is 0 Å². The summed E-state index contributed by atoms with van der Waals surface area (Å²) in [5, 5.41) is 13.9. The molecular formula is C20H22N2O6. The third kappa shape index (κ3) is 4.00. The number of hydrogen-bond acceptors (Lipinski definition) is 6. The minimum atomic E-state index is -0.582. The van der Waals surface area contributed by atoms with E-state index in [2.05, 4.69) is 5.32 Å². The van der Waals surface area contributed by atoms with E-state index >= 15 is 0 Å². The summed E-state index contributed by atoms with van der Waals surface area (Å²) in [6, 6.07) is 7.91. The van der Waals surface area contributed by atoms with Gasteiger partial charge in [0.2, 0.25) is 0 Å². The summed E-state index contributed by atoms with van der Waals surface area (Å²) >= 11 is 0. The van der Waals surface area contributed by atoms with Crippen LogP contribution in [0.4, 0.5) is 5.69 Å². The Balaban J connectivity index is 1.79. The molecule has 0 fully saturated rings. The molecule has 0 aliphatic carbocycles. The number of methoxy groups -OCH3 is 1. The zero-order chi connectivity index (χ0) is 20.3. The number of fused-ring (bicyclic) bond motifs is 1. The molecule has 0 aromatic heterocycles. The Bertz CT molecular complexity index is 912. The number of benzene rings is 2. The van der Waals surface area contributed by atoms with Crippen molar-refractivity contribution in [3.63, 3.8) is 0 Å². The third-order valence-corrected chi connectivity index (χ3v) is 4.46. The molecule has 3 rings (SSSR count). The van der Waals surface area contributed by atoms with Crippen LogP contribution in [0.15, 0.2) is 30.3 Å². The van der Waals surface area contributed by atoms with E-state index in [1.807, 2.05) is 26.0 Å². The van der Waals surface area contributed by atoms with Crippen LogP contribution in [-0.4, -0.2) is 30.7 Å². The van der Waals surface area contributed by atoms with Gasteiger partial charge in [-0.1, -0.05) is 0 Å². The lowest BCUT2D eigenvalue weighted by atomic mass is 10.1. The largest absolute Gasteiger partial charge is 0.494 e. The Hall–Kier alpha value is -3.29. The first-order chi connectivity index (χ1) is 13.4. The molecule has 0 unspecified atom stereocenters. The van der Waals surface area contributed by atoms with Crippen LogP contribution in [0.1, 0.15) is 35.3 Å². The monoisotopic (exact) mass is 386 g/mol. The summed E-state index contributed by atoms with van der Waals surface area (Å²) in [5.74, 6) is 1.16. The molecule has 1 aliphatic rings. The number of carbonyl (C=O) groups excluding carboxylic acids is 1. The highest BCUT2D eigenvalue weighted by Gasteiger charge is 2.23. The quantitative estimate of drug-likeness (QED) is 0.579. The highest BCUT2D eigenvalue weighted by atomic mass is 16.6. The number of nitro groups is 1. The zero-order valence-corrected chi connectivity index (χ0v) is 16.0. The molecule has 0 saturated carbocycles. The molecule has 1 atom stereocenters. The SMILES string of the molecule is CCOc1cc2c(cc1CNC(=O)c1ccc(OC)c([N+](=O)[O-])c1)O[C@H](C)C2. The van der Waals surface area contributed by atoms with E-state index in [0.29, 0.717) is 12.4 Å². The maximum absolute atomic E-state index is 12.5. The first-order valence-corrected chi connectivity index (χ1v) is 8.98. The molecular weight excluding hydrogens is 364 g/mol. The Labute approximate surface area is 162 Å². The van der Waals surface area contributed by atoms with Crippen molar-refractivity contribution >= 4 is 11.6 Å². The van der Waals surface area contributed by atoms with Crippen molar-refractivity contribution in [2.75, 3.05) is 13.7 Å². The Morgan fingerprint density at radius 1 is 1.32 bits per heavy atom. The van der Waals surface area contributed by atoms with Crippen molar-refractivity contribution < 1.29 is 23.9 Å². The molecule has 0 radical (unpaired) electrons. The van der Waals surface area contributed by atoms with E-state index < -0.39 is 10.8 Å². The van der Waals surface area contributed by atoms with Gasteiger partial charge < -0.3 is 19.5 Å². The fourth-order valence-electron chi connectivity index (χ4n) is 3.16. The molecule has 2 aromatic carbocycles. The van der Waals surface area contributed by atoms with Crippen molar-refractivity contribution in [1.29, 1.82) is 0 Å². The van der Waals surface area contributed by atoms with E-state index in [1.54, 1.807) is 0 Å². The molecule has 0 saturated heterocycles. The lowest BCUT2D eigenvalue weighted by Gasteiger charge is -2.13. The van der Waals surface area contributed by atoms with Crippen molar-refractivity contribution in [2.24, 2.45) is 0 Å². The first kappa shape index (κ1) is 19.5. The maximum atomic E-state index is 12.5. The van der Waals surface area contributed by atoms with Crippen LogP contribution in [0.25, 0.3) is 0 Å². The van der Waals surface area contributed by atoms with Gasteiger partial charge in [-0.2, -0.15) is 0 Å². The zero-order valence-electron chi connectivity index (χ0n) is 16.0. The van der Waals surface area contributed by atoms with Gasteiger partial charge in [-0.3, -0.25) is 14.9 Å². The van der Waals surface area contributed by atoms with Crippen LogP contribution < -0.4 is 19.5 Å². The Morgan fingerprint density at radius 2 is 2.11 bits per heavy atom. The van der Waals surface area contributed by atoms with Gasteiger partial charge in [0, 0.05) is 35.7 Å². The van der Waals surface area contributed by atoms with Gasteiger partial charge in [0.25, 0.3) is 5.91 Å². The Kier molecular flexibility index (Phi) is 5.67. The highest BCUT2D eigenvalue weighted by Crippen LogP contribution is 2.35. The average molecular weight is 386 g/mol. The fraction of sp³-hybridized carbons (Fsp3) is 0.350. The Morgan fingerprint density at radius 3 is 2.79 bits per heavy atom. The number of carbonyl (C=O) groups is 1. The van der Waals surface area contributed by atoms with Gasteiger partial charge in [0.1, 0.15) is 17.6 Å². The number of nitrogens with zero attached hydrogens (tertiary/aromatic N) is 1. The molecule has 28 heavy (non-hydrogen) atoms. The number of amides is 1. The van der Waals surface area contributed by atoms with Crippen LogP contribution >= 0.6 is 0 Å². The maximum Gasteiger partial charge on any atom is 0.311 e. The smallest absolute Gasteiger partial charge is 0.311 e. The van der Waals surface area contributed by atoms with E-state index in [1.165, 1.54) is 25.3 Å². The molecule has 8 heteroatoms. The summed E-state index contributed by atoms with van der Waals surface area (Å²) in [6.07, 6.45) is 0.923. The lowest BCUT2D eigenvalue weighted by Crippen LogP contribution is -2.23. The normalized spacial score (nSPS) is 14.8. The minimum Gasteiger partial charge on any atom is -0.494 e. The minimum absolute atomic E-state index is 0.102. The molecule has 1 heterocycles. The highest BCUT2D eigenvalue weighted by molar-refractivity contribution is 5.95. The van der Waals surface area contributed by atoms with Crippen molar-refractivity contribution in [3.05, 3.63) is 57.1 Å². The fourth-order valence-corrected chi connectivity index (χ4v) is 3.16. The van der Waals surface area contributed by atoms with Gasteiger partial charge in [0.05, 0.1) is 18.6 Å².